The summed E-state index contributed by atoms with van der Waals surface area (Å²) < 4.78 is 0. The first-order chi connectivity index (χ1) is 12.0. The molecule has 132 valence electrons. The van der Waals surface area contributed by atoms with E-state index in [0.717, 1.165) is 25.9 Å². The molecule has 0 saturated carbocycles. The number of nitro benzene ring substituents is 1. The third-order valence-corrected chi connectivity index (χ3v) is 5.13. The second-order valence-corrected chi connectivity index (χ2v) is 7.13. The van der Waals surface area contributed by atoms with Gasteiger partial charge in [0.2, 0.25) is 5.91 Å². The molecule has 9 heteroatoms. The number of amidine groups is 1. The summed E-state index contributed by atoms with van der Waals surface area (Å²) in [6.07, 6.45) is 3.54. The number of hydrogen-bond donors (Lipinski definition) is 1. The minimum absolute atomic E-state index is 0.0784. The molecule has 2 aliphatic heterocycles. The predicted octanol–water partition coefficient (Wildman–Crippen LogP) is 2.38. The van der Waals surface area contributed by atoms with Crippen LogP contribution in [0.1, 0.15) is 25.3 Å². The van der Waals surface area contributed by atoms with Gasteiger partial charge in [-0.25, -0.2) is 0 Å². The van der Waals surface area contributed by atoms with Crippen LogP contribution >= 0.6 is 11.8 Å². The second kappa shape index (κ2) is 7.64. The van der Waals surface area contributed by atoms with Crippen molar-refractivity contribution in [2.75, 3.05) is 23.7 Å². The SMILES string of the molecule is CC1CCN(c2ccc(/C=N/N=C3/NC(=O)CS3)cc2[N+](=O)[O-])CC1. The molecule has 3 rings (SSSR count). The fraction of sp³-hybridized carbons (Fsp3) is 0.438. The van der Waals surface area contributed by atoms with Gasteiger partial charge in [-0.05, 0) is 24.8 Å². The first kappa shape index (κ1) is 17.4. The molecule has 0 aliphatic carbocycles. The van der Waals surface area contributed by atoms with Crippen LogP contribution in [0.4, 0.5) is 11.4 Å². The third-order valence-electron chi connectivity index (χ3n) is 4.26. The van der Waals surface area contributed by atoms with Crippen molar-refractivity contribution in [1.82, 2.24) is 5.32 Å². The molecule has 8 nitrogen and oxygen atoms in total. The van der Waals surface area contributed by atoms with Gasteiger partial charge in [-0.15, -0.1) is 5.10 Å². The molecule has 0 unspecified atom stereocenters. The Balaban J connectivity index is 1.77. The van der Waals surface area contributed by atoms with Crippen LogP contribution in [0, 0.1) is 16.0 Å². The van der Waals surface area contributed by atoms with E-state index in [1.54, 1.807) is 12.1 Å². The van der Waals surface area contributed by atoms with Crippen molar-refractivity contribution >= 4 is 40.4 Å². The molecule has 2 aliphatic rings. The summed E-state index contributed by atoms with van der Waals surface area (Å²) in [5, 5.41) is 22.3. The Morgan fingerprint density at radius 3 is 2.80 bits per heavy atom. The lowest BCUT2D eigenvalue weighted by atomic mass is 9.98. The number of hydrogen-bond acceptors (Lipinski definition) is 7. The Bertz CT molecular complexity index is 741. The van der Waals surface area contributed by atoms with Crippen LogP contribution in [-0.2, 0) is 4.79 Å². The van der Waals surface area contributed by atoms with Crippen LogP contribution in [0.2, 0.25) is 0 Å². The van der Waals surface area contributed by atoms with Gasteiger partial charge in [0, 0.05) is 24.7 Å². The smallest absolute Gasteiger partial charge is 0.293 e. The molecule has 0 aromatic heterocycles. The molecule has 2 saturated heterocycles. The highest BCUT2D eigenvalue weighted by molar-refractivity contribution is 8.15. The highest BCUT2D eigenvalue weighted by Crippen LogP contribution is 2.32. The molecule has 0 bridgehead atoms. The highest BCUT2D eigenvalue weighted by Gasteiger charge is 2.23. The van der Waals surface area contributed by atoms with Gasteiger partial charge in [0.15, 0.2) is 5.17 Å². The van der Waals surface area contributed by atoms with E-state index in [1.165, 1.54) is 24.0 Å². The van der Waals surface area contributed by atoms with E-state index in [0.29, 0.717) is 28.1 Å². The molecule has 0 spiro atoms. The summed E-state index contributed by atoms with van der Waals surface area (Å²) in [7, 11) is 0. The maximum atomic E-state index is 11.5. The molecule has 25 heavy (non-hydrogen) atoms. The summed E-state index contributed by atoms with van der Waals surface area (Å²) in [4.78, 5) is 24.2. The van der Waals surface area contributed by atoms with Crippen LogP contribution in [0.25, 0.3) is 0 Å². The van der Waals surface area contributed by atoms with Gasteiger partial charge in [0.25, 0.3) is 5.69 Å². The maximum absolute atomic E-state index is 11.5. The Hall–Kier alpha value is -2.42. The fourth-order valence-corrected chi connectivity index (χ4v) is 3.44. The summed E-state index contributed by atoms with van der Waals surface area (Å²) in [6, 6.07) is 5.08. The Morgan fingerprint density at radius 1 is 1.40 bits per heavy atom. The van der Waals surface area contributed by atoms with Gasteiger partial charge < -0.3 is 10.2 Å². The lowest BCUT2D eigenvalue weighted by molar-refractivity contribution is -0.384. The number of rotatable bonds is 4. The van der Waals surface area contributed by atoms with Gasteiger partial charge in [0.05, 0.1) is 16.9 Å². The topological polar surface area (TPSA) is 100 Å². The van der Waals surface area contributed by atoms with Gasteiger partial charge in [-0.2, -0.15) is 5.10 Å². The van der Waals surface area contributed by atoms with Crippen molar-refractivity contribution in [3.05, 3.63) is 33.9 Å². The molecule has 2 fully saturated rings. The zero-order valence-electron chi connectivity index (χ0n) is 13.8. The van der Waals surface area contributed by atoms with E-state index in [1.807, 2.05) is 0 Å². The summed E-state index contributed by atoms with van der Waals surface area (Å²) in [6.45, 7) is 3.87. The van der Waals surface area contributed by atoms with Crippen LogP contribution in [0.15, 0.2) is 28.4 Å². The number of nitrogens with zero attached hydrogens (tertiary/aromatic N) is 4. The Kier molecular flexibility index (Phi) is 5.32. The first-order valence-electron chi connectivity index (χ1n) is 8.10. The van der Waals surface area contributed by atoms with Crippen molar-refractivity contribution in [2.24, 2.45) is 16.1 Å². The number of benzene rings is 1. The average molecular weight is 361 g/mol. The minimum Gasteiger partial charge on any atom is -0.366 e. The van der Waals surface area contributed by atoms with E-state index in [4.69, 9.17) is 0 Å². The highest BCUT2D eigenvalue weighted by atomic mass is 32.2. The van der Waals surface area contributed by atoms with E-state index in [9.17, 15) is 14.9 Å². The van der Waals surface area contributed by atoms with Crippen molar-refractivity contribution in [2.45, 2.75) is 19.8 Å². The molecule has 0 radical (unpaired) electrons. The van der Waals surface area contributed by atoms with Crippen molar-refractivity contribution < 1.29 is 9.72 Å². The van der Waals surface area contributed by atoms with E-state index in [2.05, 4.69) is 27.3 Å². The monoisotopic (exact) mass is 361 g/mol. The maximum Gasteiger partial charge on any atom is 0.293 e. The molecule has 1 aromatic rings. The molecule has 1 amide bonds. The number of carbonyl (C=O) groups is 1. The lowest BCUT2D eigenvalue weighted by Crippen LogP contribution is -2.33. The first-order valence-corrected chi connectivity index (χ1v) is 9.08. The lowest BCUT2D eigenvalue weighted by Gasteiger charge is -2.31. The molecule has 0 atom stereocenters. The normalized spacial score (nSPS) is 20.4. The molecule has 1 aromatic carbocycles. The Morgan fingerprint density at radius 2 is 2.16 bits per heavy atom. The number of amides is 1. The van der Waals surface area contributed by atoms with Gasteiger partial charge >= 0.3 is 0 Å². The summed E-state index contributed by atoms with van der Waals surface area (Å²) >= 11 is 1.28. The van der Waals surface area contributed by atoms with Crippen LogP contribution in [-0.4, -0.2) is 41.1 Å². The zero-order chi connectivity index (χ0) is 17.8. The zero-order valence-corrected chi connectivity index (χ0v) is 14.7. The third kappa shape index (κ3) is 4.36. The van der Waals surface area contributed by atoms with Crippen LogP contribution < -0.4 is 10.2 Å². The van der Waals surface area contributed by atoms with Crippen LogP contribution in [0.5, 0.6) is 0 Å². The standard InChI is InChI=1S/C16H19N5O3S/c1-11-4-6-20(7-5-11)13-3-2-12(8-14(13)21(23)24)9-17-19-16-18-15(22)10-25-16/h2-3,8-9,11H,4-7,10H2,1H3,(H,18,19,22)/b17-9+. The number of nitro groups is 1. The molecule has 2 heterocycles. The number of piperidine rings is 1. The van der Waals surface area contributed by atoms with Gasteiger partial charge in [0.1, 0.15) is 5.69 Å². The van der Waals surface area contributed by atoms with Crippen molar-refractivity contribution in [3.63, 3.8) is 0 Å². The summed E-state index contributed by atoms with van der Waals surface area (Å²) in [5.41, 5.74) is 1.33. The van der Waals surface area contributed by atoms with Crippen molar-refractivity contribution in [1.29, 1.82) is 0 Å². The van der Waals surface area contributed by atoms with Gasteiger partial charge in [-0.1, -0.05) is 24.8 Å². The largest absolute Gasteiger partial charge is 0.366 e. The minimum atomic E-state index is -0.357. The quantitative estimate of drug-likeness (QED) is 0.504. The number of anilines is 1. The van der Waals surface area contributed by atoms with Gasteiger partial charge in [-0.3, -0.25) is 14.9 Å². The number of carbonyl (C=O) groups excluding carboxylic acids is 1. The predicted molar refractivity (Wildman–Crippen MR) is 99.3 cm³/mol. The molecular formula is C16H19N5O3S. The number of nitrogens with one attached hydrogen (secondary N) is 1. The van der Waals surface area contributed by atoms with Crippen molar-refractivity contribution in [3.8, 4) is 0 Å². The Labute approximate surface area is 149 Å². The fourth-order valence-electron chi connectivity index (χ4n) is 2.81. The number of thioether (sulfide) groups is 1. The molecule has 1 N–H and O–H groups in total. The van der Waals surface area contributed by atoms with E-state index < -0.39 is 0 Å². The molecular weight excluding hydrogens is 342 g/mol. The second-order valence-electron chi connectivity index (χ2n) is 6.16. The van der Waals surface area contributed by atoms with E-state index in [-0.39, 0.29) is 16.5 Å². The van der Waals surface area contributed by atoms with Crippen LogP contribution in [0.3, 0.4) is 0 Å². The average Bonchev–Trinajstić information content (AvgIpc) is 3.01. The summed E-state index contributed by atoms with van der Waals surface area (Å²) in [5.74, 6) is 0.896. The van der Waals surface area contributed by atoms with E-state index >= 15 is 0 Å².